The van der Waals surface area contributed by atoms with Crippen molar-refractivity contribution in [2.24, 2.45) is 0 Å². The van der Waals surface area contributed by atoms with Gasteiger partial charge in [0.1, 0.15) is 0 Å². The number of nitrogens with zero attached hydrogens (tertiary/aromatic N) is 1. The van der Waals surface area contributed by atoms with Gasteiger partial charge >= 0.3 is 0 Å². The third-order valence-corrected chi connectivity index (χ3v) is 3.60. The molecule has 3 nitrogen and oxygen atoms in total. The number of carbonyl (C=O) groups is 1. The average molecular weight is 290 g/mol. The molecule has 1 N–H and O–H groups in total. The molecular weight excluding hydrogens is 260 g/mol. The second-order valence-electron chi connectivity index (χ2n) is 5.92. The largest absolute Gasteiger partial charge is 0.326 e. The van der Waals surface area contributed by atoms with Crippen molar-refractivity contribution in [3.8, 4) is 0 Å². The van der Waals surface area contributed by atoms with Crippen molar-refractivity contribution >= 4 is 11.6 Å². The monoisotopic (exact) mass is 290 g/mol. The molecule has 1 rings (SSSR count). The van der Waals surface area contributed by atoms with Crippen LogP contribution in [0.15, 0.2) is 24.3 Å². The Morgan fingerprint density at radius 3 is 2.10 bits per heavy atom. The maximum absolute atomic E-state index is 12.0. The molecule has 0 saturated carbocycles. The fourth-order valence-electron chi connectivity index (χ4n) is 2.40. The summed E-state index contributed by atoms with van der Waals surface area (Å²) in [5.74, 6) is 0.621. The third-order valence-electron chi connectivity index (χ3n) is 3.60. The van der Waals surface area contributed by atoms with Crippen LogP contribution >= 0.6 is 0 Å². The van der Waals surface area contributed by atoms with Gasteiger partial charge in [0.15, 0.2) is 0 Å². The van der Waals surface area contributed by atoms with Crippen LogP contribution in [-0.4, -0.2) is 30.4 Å². The summed E-state index contributed by atoms with van der Waals surface area (Å²) in [6, 6.07) is 8.15. The smallest absolute Gasteiger partial charge is 0.225 e. The molecule has 118 valence electrons. The molecule has 0 aliphatic heterocycles. The lowest BCUT2D eigenvalue weighted by Crippen LogP contribution is -2.29. The van der Waals surface area contributed by atoms with E-state index in [-0.39, 0.29) is 5.91 Å². The molecular formula is C18H30N2O. The van der Waals surface area contributed by atoms with Gasteiger partial charge in [-0.1, -0.05) is 39.8 Å². The van der Waals surface area contributed by atoms with Crippen LogP contribution in [0.3, 0.4) is 0 Å². The minimum Gasteiger partial charge on any atom is -0.326 e. The Morgan fingerprint density at radius 1 is 1.05 bits per heavy atom. The van der Waals surface area contributed by atoms with E-state index in [0.717, 1.165) is 38.2 Å². The van der Waals surface area contributed by atoms with E-state index in [2.05, 4.69) is 50.0 Å². The molecule has 0 radical (unpaired) electrons. The molecule has 3 heteroatoms. The van der Waals surface area contributed by atoms with E-state index in [9.17, 15) is 4.79 Å². The lowest BCUT2D eigenvalue weighted by Gasteiger charge is -2.20. The zero-order valence-electron chi connectivity index (χ0n) is 14.0. The topological polar surface area (TPSA) is 32.3 Å². The minimum atomic E-state index is 0.101. The number of anilines is 1. The maximum Gasteiger partial charge on any atom is 0.225 e. The Kier molecular flexibility index (Phi) is 8.06. The lowest BCUT2D eigenvalue weighted by atomic mass is 10.0. The average Bonchev–Trinajstić information content (AvgIpc) is 2.46. The molecule has 0 saturated heterocycles. The second kappa shape index (κ2) is 9.56. The number of carbonyl (C=O) groups excluding carboxylic acids is 1. The number of amides is 1. The summed E-state index contributed by atoms with van der Waals surface area (Å²) >= 11 is 0. The van der Waals surface area contributed by atoms with E-state index < -0.39 is 0 Å². The molecule has 0 fully saturated rings. The van der Waals surface area contributed by atoms with E-state index >= 15 is 0 Å². The van der Waals surface area contributed by atoms with Gasteiger partial charge in [-0.2, -0.15) is 0 Å². The molecule has 21 heavy (non-hydrogen) atoms. The number of hydrogen-bond acceptors (Lipinski definition) is 2. The first-order chi connectivity index (χ1) is 10.1. The standard InChI is InChI=1S/C18H30N2O/c1-5-12-20(13-6-2)14-11-18(21)19-17-9-7-16(8-10-17)15(3)4/h7-10,15H,5-6,11-14H2,1-4H3,(H,19,21). The summed E-state index contributed by atoms with van der Waals surface area (Å²) in [7, 11) is 0. The fourth-order valence-corrected chi connectivity index (χ4v) is 2.40. The van der Waals surface area contributed by atoms with Crippen LogP contribution < -0.4 is 5.32 Å². The van der Waals surface area contributed by atoms with Crippen LogP contribution in [0, 0.1) is 0 Å². The van der Waals surface area contributed by atoms with E-state index in [0.29, 0.717) is 12.3 Å². The highest BCUT2D eigenvalue weighted by atomic mass is 16.1. The summed E-state index contributed by atoms with van der Waals surface area (Å²) in [6.45, 7) is 11.7. The molecule has 0 heterocycles. The fraction of sp³-hybridized carbons (Fsp3) is 0.611. The van der Waals surface area contributed by atoms with Crippen LogP contribution in [0.5, 0.6) is 0 Å². The van der Waals surface area contributed by atoms with Gasteiger partial charge in [-0.25, -0.2) is 0 Å². The van der Waals surface area contributed by atoms with Gasteiger partial charge in [0.25, 0.3) is 0 Å². The Hall–Kier alpha value is -1.35. The molecule has 0 aliphatic carbocycles. The first-order valence-electron chi connectivity index (χ1n) is 8.19. The Bertz CT molecular complexity index is 406. The SMILES string of the molecule is CCCN(CCC)CCC(=O)Nc1ccc(C(C)C)cc1. The third kappa shape index (κ3) is 6.76. The second-order valence-corrected chi connectivity index (χ2v) is 5.92. The van der Waals surface area contributed by atoms with E-state index in [1.54, 1.807) is 0 Å². The van der Waals surface area contributed by atoms with Gasteiger partial charge in [0.2, 0.25) is 5.91 Å². The van der Waals surface area contributed by atoms with Crippen molar-refractivity contribution < 1.29 is 4.79 Å². The Labute approximate surface area is 129 Å². The van der Waals surface area contributed by atoms with E-state index in [1.807, 2.05) is 12.1 Å². The van der Waals surface area contributed by atoms with Crippen LogP contribution in [0.25, 0.3) is 0 Å². The first-order valence-corrected chi connectivity index (χ1v) is 8.19. The molecule has 1 amide bonds. The summed E-state index contributed by atoms with van der Waals surface area (Å²) in [4.78, 5) is 14.4. The van der Waals surface area contributed by atoms with Gasteiger partial charge in [-0.15, -0.1) is 0 Å². The molecule has 1 aromatic carbocycles. The minimum absolute atomic E-state index is 0.101. The van der Waals surface area contributed by atoms with Gasteiger partial charge in [-0.3, -0.25) is 4.79 Å². The van der Waals surface area contributed by atoms with Crippen molar-refractivity contribution in [1.82, 2.24) is 4.90 Å². The Morgan fingerprint density at radius 2 is 1.62 bits per heavy atom. The highest BCUT2D eigenvalue weighted by Crippen LogP contribution is 2.17. The van der Waals surface area contributed by atoms with Gasteiger partial charge < -0.3 is 10.2 Å². The quantitative estimate of drug-likeness (QED) is 0.737. The summed E-state index contributed by atoms with van der Waals surface area (Å²) in [5, 5.41) is 2.98. The normalized spacial score (nSPS) is 11.1. The van der Waals surface area contributed by atoms with Crippen molar-refractivity contribution in [3.05, 3.63) is 29.8 Å². The first kappa shape index (κ1) is 17.7. The zero-order chi connectivity index (χ0) is 15.7. The molecule has 0 unspecified atom stereocenters. The van der Waals surface area contributed by atoms with Crippen LogP contribution in [0.1, 0.15) is 58.4 Å². The van der Waals surface area contributed by atoms with Gasteiger partial charge in [0, 0.05) is 18.7 Å². The molecule has 1 aromatic rings. The summed E-state index contributed by atoms with van der Waals surface area (Å²) in [6.07, 6.45) is 2.84. The van der Waals surface area contributed by atoms with Crippen LogP contribution in [-0.2, 0) is 4.79 Å². The lowest BCUT2D eigenvalue weighted by molar-refractivity contribution is -0.116. The molecule has 0 aliphatic rings. The van der Waals surface area contributed by atoms with E-state index in [4.69, 9.17) is 0 Å². The maximum atomic E-state index is 12.0. The van der Waals surface area contributed by atoms with Crippen LogP contribution in [0.2, 0.25) is 0 Å². The van der Waals surface area contributed by atoms with E-state index in [1.165, 1.54) is 5.56 Å². The molecule has 0 spiro atoms. The van der Waals surface area contributed by atoms with Gasteiger partial charge in [-0.05, 0) is 49.5 Å². The molecule has 0 atom stereocenters. The highest BCUT2D eigenvalue weighted by Gasteiger charge is 2.07. The van der Waals surface area contributed by atoms with Crippen molar-refractivity contribution in [2.75, 3.05) is 25.0 Å². The van der Waals surface area contributed by atoms with Crippen molar-refractivity contribution in [1.29, 1.82) is 0 Å². The Balaban J connectivity index is 2.42. The van der Waals surface area contributed by atoms with Crippen LogP contribution in [0.4, 0.5) is 5.69 Å². The number of benzene rings is 1. The number of nitrogens with one attached hydrogen (secondary N) is 1. The van der Waals surface area contributed by atoms with Gasteiger partial charge in [0.05, 0.1) is 0 Å². The van der Waals surface area contributed by atoms with Crippen molar-refractivity contribution in [3.63, 3.8) is 0 Å². The predicted octanol–water partition coefficient (Wildman–Crippen LogP) is 4.26. The number of hydrogen-bond donors (Lipinski definition) is 1. The summed E-state index contributed by atoms with van der Waals surface area (Å²) in [5.41, 5.74) is 2.19. The van der Waals surface area contributed by atoms with Crippen molar-refractivity contribution in [2.45, 2.75) is 52.9 Å². The highest BCUT2D eigenvalue weighted by molar-refractivity contribution is 5.90. The zero-order valence-corrected chi connectivity index (χ0v) is 14.0. The molecule has 0 aromatic heterocycles. The molecule has 0 bridgehead atoms. The summed E-state index contributed by atoms with van der Waals surface area (Å²) < 4.78 is 0. The number of rotatable bonds is 9. The predicted molar refractivity (Wildman–Crippen MR) is 90.8 cm³/mol.